The number of amides is 1. The van der Waals surface area contributed by atoms with Crippen LogP contribution in [0.1, 0.15) is 10.6 Å². The lowest BCUT2D eigenvalue weighted by molar-refractivity contribution is -0.111. The first kappa shape index (κ1) is 15.0. The highest BCUT2D eigenvalue weighted by atomic mass is 32.1. The molecule has 1 N–H and O–H groups in total. The maximum absolute atomic E-state index is 12.1. The zero-order chi connectivity index (χ0) is 16.5. The maximum Gasteiger partial charge on any atom is 0.250 e. The molecular formula is C18H13N3OS2. The highest BCUT2D eigenvalue weighted by molar-refractivity contribution is 7.24. The summed E-state index contributed by atoms with van der Waals surface area (Å²) in [4.78, 5) is 21.1. The van der Waals surface area contributed by atoms with Gasteiger partial charge < -0.3 is 0 Å². The summed E-state index contributed by atoms with van der Waals surface area (Å²) < 4.78 is 2.16. The number of aromatic nitrogens is 2. The van der Waals surface area contributed by atoms with Crippen molar-refractivity contribution >= 4 is 60.2 Å². The van der Waals surface area contributed by atoms with Gasteiger partial charge in [0.05, 0.1) is 19.9 Å². The zero-order valence-corrected chi connectivity index (χ0v) is 14.4. The van der Waals surface area contributed by atoms with Gasteiger partial charge in [0.1, 0.15) is 5.52 Å². The Morgan fingerprint density at radius 2 is 1.92 bits per heavy atom. The van der Waals surface area contributed by atoms with E-state index in [9.17, 15) is 4.79 Å². The molecular weight excluding hydrogens is 338 g/mol. The maximum atomic E-state index is 12.1. The summed E-state index contributed by atoms with van der Waals surface area (Å²) in [6.45, 7) is 1.99. The molecule has 0 spiro atoms. The molecule has 0 bridgehead atoms. The molecule has 1 amide bonds. The molecule has 0 aliphatic heterocycles. The molecule has 0 fully saturated rings. The number of carbonyl (C=O) groups excluding carboxylic acids is 1. The second-order valence-electron chi connectivity index (χ2n) is 5.25. The van der Waals surface area contributed by atoms with Crippen LogP contribution in [-0.4, -0.2) is 15.9 Å². The highest BCUT2D eigenvalue weighted by Crippen LogP contribution is 2.34. The summed E-state index contributed by atoms with van der Waals surface area (Å²) in [6, 6.07) is 13.7. The van der Waals surface area contributed by atoms with E-state index in [1.807, 2.05) is 49.4 Å². The molecule has 4 rings (SSSR count). The molecule has 2 aromatic carbocycles. The van der Waals surface area contributed by atoms with Crippen LogP contribution >= 0.6 is 22.7 Å². The average Bonchev–Trinajstić information content (AvgIpc) is 3.15. The standard InChI is InChI=1S/C18H13N3OS2/c1-11-19-16-14(23-11)9-8-13-17(16)24-18(20-13)21-15(22)10-7-12-5-3-2-4-6-12/h2-10H,1H3,(H,20,21,22). The predicted octanol–water partition coefficient (Wildman–Crippen LogP) is 4.87. The van der Waals surface area contributed by atoms with Crippen molar-refractivity contribution in [2.24, 2.45) is 0 Å². The molecule has 0 aliphatic rings. The number of nitrogens with zero attached hydrogens (tertiary/aromatic N) is 2. The van der Waals surface area contributed by atoms with Gasteiger partial charge in [-0.15, -0.1) is 11.3 Å². The van der Waals surface area contributed by atoms with Crippen LogP contribution in [0.5, 0.6) is 0 Å². The van der Waals surface area contributed by atoms with Gasteiger partial charge in [0.15, 0.2) is 5.13 Å². The molecule has 0 unspecified atom stereocenters. The van der Waals surface area contributed by atoms with E-state index in [0.29, 0.717) is 5.13 Å². The van der Waals surface area contributed by atoms with Gasteiger partial charge in [-0.25, -0.2) is 9.97 Å². The minimum Gasteiger partial charge on any atom is -0.298 e. The van der Waals surface area contributed by atoms with Crippen molar-refractivity contribution in [2.75, 3.05) is 5.32 Å². The molecule has 0 aliphatic carbocycles. The van der Waals surface area contributed by atoms with Crippen LogP contribution in [0.25, 0.3) is 26.5 Å². The Labute approximate surface area is 146 Å². The largest absolute Gasteiger partial charge is 0.298 e. The number of benzene rings is 2. The van der Waals surface area contributed by atoms with Crippen LogP contribution in [0.3, 0.4) is 0 Å². The number of anilines is 1. The van der Waals surface area contributed by atoms with Crippen molar-refractivity contribution < 1.29 is 4.79 Å². The third-order valence-corrected chi connectivity index (χ3v) is 5.41. The monoisotopic (exact) mass is 351 g/mol. The molecule has 2 aromatic heterocycles. The molecule has 4 aromatic rings. The fraction of sp³-hybridized carbons (Fsp3) is 0.0556. The Bertz CT molecular complexity index is 1060. The summed E-state index contributed by atoms with van der Waals surface area (Å²) >= 11 is 3.12. The first-order valence-corrected chi connectivity index (χ1v) is 9.03. The third kappa shape index (κ3) is 2.93. The Balaban J connectivity index is 1.59. The Hall–Kier alpha value is -2.57. The number of rotatable bonds is 3. The SMILES string of the molecule is Cc1nc2c(ccc3nc(NC(=O)C=Cc4ccccc4)sc32)s1. The van der Waals surface area contributed by atoms with Gasteiger partial charge >= 0.3 is 0 Å². The first-order valence-electron chi connectivity index (χ1n) is 7.40. The lowest BCUT2D eigenvalue weighted by Crippen LogP contribution is -2.07. The minimum atomic E-state index is -0.191. The first-order chi connectivity index (χ1) is 11.7. The van der Waals surface area contributed by atoms with Crippen molar-refractivity contribution in [1.82, 2.24) is 9.97 Å². The van der Waals surface area contributed by atoms with Crippen molar-refractivity contribution in [3.8, 4) is 0 Å². The number of thiazole rings is 2. The van der Waals surface area contributed by atoms with Crippen LogP contribution in [0.2, 0.25) is 0 Å². The molecule has 0 radical (unpaired) electrons. The predicted molar refractivity (Wildman–Crippen MR) is 102 cm³/mol. The van der Waals surface area contributed by atoms with Crippen molar-refractivity contribution in [3.05, 3.63) is 59.1 Å². The van der Waals surface area contributed by atoms with Crippen LogP contribution < -0.4 is 5.32 Å². The van der Waals surface area contributed by atoms with Gasteiger partial charge in [-0.05, 0) is 30.7 Å². The van der Waals surface area contributed by atoms with Crippen molar-refractivity contribution in [2.45, 2.75) is 6.92 Å². The quantitative estimate of drug-likeness (QED) is 0.536. The number of fused-ring (bicyclic) bond motifs is 3. The van der Waals surface area contributed by atoms with E-state index in [-0.39, 0.29) is 5.91 Å². The summed E-state index contributed by atoms with van der Waals surface area (Å²) in [7, 11) is 0. The molecule has 118 valence electrons. The Morgan fingerprint density at radius 1 is 1.08 bits per heavy atom. The van der Waals surface area contributed by atoms with Gasteiger partial charge in [0.2, 0.25) is 5.91 Å². The van der Waals surface area contributed by atoms with E-state index >= 15 is 0 Å². The van der Waals surface area contributed by atoms with E-state index in [4.69, 9.17) is 0 Å². The minimum absolute atomic E-state index is 0.191. The number of hydrogen-bond acceptors (Lipinski definition) is 5. The molecule has 0 atom stereocenters. The van der Waals surface area contributed by atoms with E-state index in [1.165, 1.54) is 17.4 Å². The molecule has 24 heavy (non-hydrogen) atoms. The fourth-order valence-corrected chi connectivity index (χ4v) is 4.28. The van der Waals surface area contributed by atoms with Crippen LogP contribution in [0, 0.1) is 6.92 Å². The summed E-state index contributed by atoms with van der Waals surface area (Å²) in [5, 5.41) is 4.45. The second-order valence-corrected chi connectivity index (χ2v) is 7.48. The molecule has 4 nitrogen and oxygen atoms in total. The second kappa shape index (κ2) is 6.14. The van der Waals surface area contributed by atoms with Crippen LogP contribution in [-0.2, 0) is 4.79 Å². The smallest absolute Gasteiger partial charge is 0.250 e. The highest BCUT2D eigenvalue weighted by Gasteiger charge is 2.11. The van der Waals surface area contributed by atoms with Gasteiger partial charge in [0, 0.05) is 6.08 Å². The van der Waals surface area contributed by atoms with Gasteiger partial charge in [-0.3, -0.25) is 10.1 Å². The van der Waals surface area contributed by atoms with Crippen LogP contribution in [0.15, 0.2) is 48.5 Å². The normalized spacial score (nSPS) is 11.5. The zero-order valence-electron chi connectivity index (χ0n) is 12.8. The van der Waals surface area contributed by atoms with Gasteiger partial charge in [-0.1, -0.05) is 41.7 Å². The van der Waals surface area contributed by atoms with Gasteiger partial charge in [0.25, 0.3) is 0 Å². The number of hydrogen-bond donors (Lipinski definition) is 1. The van der Waals surface area contributed by atoms with Gasteiger partial charge in [-0.2, -0.15) is 0 Å². The van der Waals surface area contributed by atoms with E-state index in [0.717, 1.165) is 31.0 Å². The summed E-state index contributed by atoms with van der Waals surface area (Å²) in [5.41, 5.74) is 2.81. The van der Waals surface area contributed by atoms with Crippen molar-refractivity contribution in [3.63, 3.8) is 0 Å². The van der Waals surface area contributed by atoms with E-state index in [1.54, 1.807) is 17.4 Å². The summed E-state index contributed by atoms with van der Waals surface area (Å²) in [6.07, 6.45) is 3.30. The third-order valence-electron chi connectivity index (χ3n) is 3.48. The Morgan fingerprint density at radius 3 is 2.75 bits per heavy atom. The lowest BCUT2D eigenvalue weighted by Gasteiger charge is -1.95. The van der Waals surface area contributed by atoms with Crippen LogP contribution in [0.4, 0.5) is 5.13 Å². The van der Waals surface area contributed by atoms with E-state index < -0.39 is 0 Å². The number of nitrogens with one attached hydrogen (secondary N) is 1. The Kier molecular flexibility index (Phi) is 3.84. The summed E-state index contributed by atoms with van der Waals surface area (Å²) in [5.74, 6) is -0.191. The fourth-order valence-electron chi connectivity index (χ4n) is 2.42. The molecule has 2 heterocycles. The number of carbonyl (C=O) groups is 1. The lowest BCUT2D eigenvalue weighted by atomic mass is 10.2. The molecule has 0 saturated heterocycles. The van der Waals surface area contributed by atoms with Crippen molar-refractivity contribution in [1.29, 1.82) is 0 Å². The topological polar surface area (TPSA) is 54.9 Å². The molecule has 0 saturated carbocycles. The number of aryl methyl sites for hydroxylation is 1. The molecule has 6 heteroatoms. The average molecular weight is 351 g/mol. The van der Waals surface area contributed by atoms with E-state index in [2.05, 4.69) is 15.3 Å².